The molecule has 4 aromatic rings. The van der Waals surface area contributed by atoms with Crippen molar-refractivity contribution < 1.29 is 19.8 Å². The Labute approximate surface area is 230 Å². The van der Waals surface area contributed by atoms with E-state index in [9.17, 15) is 14.7 Å². The minimum Gasteiger partial charge on any atom is -0.481 e. The fourth-order valence-corrected chi connectivity index (χ4v) is 4.81. The summed E-state index contributed by atoms with van der Waals surface area (Å²) in [6.07, 6.45) is 2.99. The fraction of sp³-hybridized carbons (Fsp3) is 0.286. The zero-order chi connectivity index (χ0) is 27.5. The standard InChI is InChI=1S/C28H30N6O4S/c35-24(16-19-7-2-1-3-8-19)29-23-14-13-22(31-32-23)11-4-5-12-26-33-34-28(39-26)30-25(36)17-20-9-6-10-21(15-20)18-27(37)38/h1-3,6-10,13-15,25,36H,4-5,11-12,16-18H2,(H,30,34)(H,37,38)(H,29,32,35). The van der Waals surface area contributed by atoms with Gasteiger partial charge in [-0.3, -0.25) is 9.59 Å². The summed E-state index contributed by atoms with van der Waals surface area (Å²) in [7, 11) is 0. The molecule has 4 N–H and O–H groups in total. The molecule has 202 valence electrons. The molecule has 0 fully saturated rings. The Morgan fingerprint density at radius 2 is 1.59 bits per heavy atom. The van der Waals surface area contributed by atoms with Crippen LogP contribution in [0.15, 0.2) is 66.7 Å². The van der Waals surface area contributed by atoms with Gasteiger partial charge in [-0.05, 0) is 48.1 Å². The molecule has 0 aliphatic carbocycles. The first-order valence-electron chi connectivity index (χ1n) is 12.7. The zero-order valence-corrected chi connectivity index (χ0v) is 22.1. The first-order chi connectivity index (χ1) is 18.9. The summed E-state index contributed by atoms with van der Waals surface area (Å²) in [5, 5.41) is 43.1. The van der Waals surface area contributed by atoms with Gasteiger partial charge in [0.25, 0.3) is 0 Å². The molecular formula is C28H30N6O4S. The van der Waals surface area contributed by atoms with E-state index in [0.29, 0.717) is 22.9 Å². The Hall–Kier alpha value is -4.22. The van der Waals surface area contributed by atoms with Crippen molar-refractivity contribution in [3.63, 3.8) is 0 Å². The number of anilines is 2. The number of aryl methyl sites for hydroxylation is 2. The molecule has 2 heterocycles. The lowest BCUT2D eigenvalue weighted by atomic mass is 10.1. The summed E-state index contributed by atoms with van der Waals surface area (Å²) in [6, 6.07) is 20.3. The van der Waals surface area contributed by atoms with Crippen LogP contribution in [0.2, 0.25) is 0 Å². The Kier molecular flexibility index (Phi) is 10.0. The molecule has 4 rings (SSSR count). The summed E-state index contributed by atoms with van der Waals surface area (Å²) in [5.74, 6) is -0.589. The molecule has 1 atom stereocenters. The maximum atomic E-state index is 12.2. The third-order valence-electron chi connectivity index (χ3n) is 5.80. The minimum atomic E-state index is -0.891. The van der Waals surface area contributed by atoms with Crippen molar-refractivity contribution in [2.75, 3.05) is 10.6 Å². The van der Waals surface area contributed by atoms with Gasteiger partial charge in [0.05, 0.1) is 18.5 Å². The van der Waals surface area contributed by atoms with E-state index < -0.39 is 12.2 Å². The number of aromatic nitrogens is 4. The number of unbranched alkanes of at least 4 members (excludes halogenated alkanes) is 1. The molecule has 0 spiro atoms. The quantitative estimate of drug-likeness (QED) is 0.137. The Bertz CT molecular complexity index is 1360. The van der Waals surface area contributed by atoms with Crippen molar-refractivity contribution in [3.05, 3.63) is 94.1 Å². The van der Waals surface area contributed by atoms with Crippen molar-refractivity contribution in [1.29, 1.82) is 0 Å². The van der Waals surface area contributed by atoms with Gasteiger partial charge in [-0.15, -0.1) is 15.3 Å². The SMILES string of the molecule is O=C(O)Cc1cccc(CC(O)Nc2nnc(CCCCc3ccc(NC(=O)Cc4ccccc4)nn3)s2)c1. The number of nitrogens with one attached hydrogen (secondary N) is 2. The molecular weight excluding hydrogens is 516 g/mol. The van der Waals surface area contributed by atoms with Gasteiger partial charge in [0.2, 0.25) is 11.0 Å². The highest BCUT2D eigenvalue weighted by Gasteiger charge is 2.11. The van der Waals surface area contributed by atoms with Gasteiger partial charge < -0.3 is 20.8 Å². The molecule has 0 saturated heterocycles. The van der Waals surface area contributed by atoms with E-state index >= 15 is 0 Å². The summed E-state index contributed by atoms with van der Waals surface area (Å²) in [6.45, 7) is 0. The summed E-state index contributed by atoms with van der Waals surface area (Å²) >= 11 is 1.40. The number of aliphatic carboxylic acids is 1. The average molecular weight is 547 g/mol. The topological polar surface area (TPSA) is 150 Å². The second kappa shape index (κ2) is 14.1. The highest BCUT2D eigenvalue weighted by atomic mass is 32.1. The number of hydrogen-bond acceptors (Lipinski definition) is 9. The second-order valence-electron chi connectivity index (χ2n) is 9.08. The van der Waals surface area contributed by atoms with E-state index in [1.165, 1.54) is 11.3 Å². The number of nitrogens with zero attached hydrogens (tertiary/aromatic N) is 4. The number of hydrogen-bond donors (Lipinski definition) is 4. The van der Waals surface area contributed by atoms with Gasteiger partial charge in [0.1, 0.15) is 11.2 Å². The minimum absolute atomic E-state index is 0.0532. The molecule has 0 aliphatic heterocycles. The molecule has 0 radical (unpaired) electrons. The van der Waals surface area contributed by atoms with Crippen LogP contribution in [0, 0.1) is 0 Å². The maximum Gasteiger partial charge on any atom is 0.307 e. The van der Waals surface area contributed by atoms with Gasteiger partial charge in [0, 0.05) is 12.8 Å². The lowest BCUT2D eigenvalue weighted by Crippen LogP contribution is -2.21. The Balaban J connectivity index is 1.15. The molecule has 1 unspecified atom stereocenters. The zero-order valence-electron chi connectivity index (χ0n) is 21.3. The first kappa shape index (κ1) is 27.8. The molecule has 0 saturated carbocycles. The maximum absolute atomic E-state index is 12.2. The number of carbonyl (C=O) groups excluding carboxylic acids is 1. The van der Waals surface area contributed by atoms with Crippen LogP contribution in [0.25, 0.3) is 0 Å². The van der Waals surface area contributed by atoms with Crippen LogP contribution in [0.3, 0.4) is 0 Å². The van der Waals surface area contributed by atoms with Crippen LogP contribution in [0.4, 0.5) is 10.9 Å². The Morgan fingerprint density at radius 1 is 0.821 bits per heavy atom. The van der Waals surface area contributed by atoms with Gasteiger partial charge in [-0.2, -0.15) is 5.10 Å². The number of aliphatic hydroxyl groups is 1. The van der Waals surface area contributed by atoms with E-state index in [1.807, 2.05) is 42.5 Å². The number of aliphatic hydroxyl groups excluding tert-OH is 1. The fourth-order valence-electron chi connectivity index (χ4n) is 3.98. The molecule has 2 aromatic carbocycles. The number of amides is 1. The lowest BCUT2D eigenvalue weighted by Gasteiger charge is -2.12. The normalized spacial score (nSPS) is 11.6. The van der Waals surface area contributed by atoms with Crippen LogP contribution >= 0.6 is 11.3 Å². The van der Waals surface area contributed by atoms with E-state index in [-0.39, 0.29) is 18.7 Å². The number of carbonyl (C=O) groups is 2. The highest BCUT2D eigenvalue weighted by Crippen LogP contribution is 2.19. The molecule has 1 amide bonds. The predicted molar refractivity (Wildman–Crippen MR) is 148 cm³/mol. The highest BCUT2D eigenvalue weighted by molar-refractivity contribution is 7.15. The summed E-state index contributed by atoms with van der Waals surface area (Å²) < 4.78 is 0. The third kappa shape index (κ3) is 9.55. The van der Waals surface area contributed by atoms with Crippen molar-refractivity contribution in [2.24, 2.45) is 0 Å². The third-order valence-corrected chi connectivity index (χ3v) is 6.72. The van der Waals surface area contributed by atoms with Gasteiger partial charge in [0.15, 0.2) is 5.82 Å². The van der Waals surface area contributed by atoms with Crippen LogP contribution in [-0.4, -0.2) is 48.7 Å². The molecule has 11 heteroatoms. The van der Waals surface area contributed by atoms with Crippen molar-refractivity contribution >= 4 is 34.2 Å². The predicted octanol–water partition coefficient (Wildman–Crippen LogP) is 3.67. The smallest absolute Gasteiger partial charge is 0.307 e. The summed E-state index contributed by atoms with van der Waals surface area (Å²) in [4.78, 5) is 23.1. The monoisotopic (exact) mass is 546 g/mol. The Morgan fingerprint density at radius 3 is 2.36 bits per heavy atom. The number of carboxylic acids is 1. The van der Waals surface area contributed by atoms with Crippen LogP contribution in [-0.2, 0) is 41.7 Å². The number of benzene rings is 2. The lowest BCUT2D eigenvalue weighted by molar-refractivity contribution is -0.136. The van der Waals surface area contributed by atoms with Crippen LogP contribution < -0.4 is 10.6 Å². The van der Waals surface area contributed by atoms with Crippen LogP contribution in [0.5, 0.6) is 0 Å². The number of carboxylic acid groups (broad SMARTS) is 1. The molecule has 0 aliphatic rings. The van der Waals surface area contributed by atoms with Crippen LogP contribution in [0.1, 0.15) is 40.2 Å². The van der Waals surface area contributed by atoms with Crippen molar-refractivity contribution in [1.82, 2.24) is 20.4 Å². The molecule has 39 heavy (non-hydrogen) atoms. The molecule has 10 nitrogen and oxygen atoms in total. The largest absolute Gasteiger partial charge is 0.481 e. The first-order valence-corrected chi connectivity index (χ1v) is 13.5. The van der Waals surface area contributed by atoms with E-state index in [4.69, 9.17) is 5.11 Å². The van der Waals surface area contributed by atoms with Gasteiger partial charge in [-0.25, -0.2) is 0 Å². The average Bonchev–Trinajstić information content (AvgIpc) is 3.34. The van der Waals surface area contributed by atoms with E-state index in [2.05, 4.69) is 31.0 Å². The molecule has 2 aromatic heterocycles. The summed E-state index contributed by atoms with van der Waals surface area (Å²) in [5.41, 5.74) is 3.32. The second-order valence-corrected chi connectivity index (χ2v) is 10.1. The van der Waals surface area contributed by atoms with Gasteiger partial charge in [-0.1, -0.05) is 65.9 Å². The van der Waals surface area contributed by atoms with E-state index in [1.54, 1.807) is 24.3 Å². The van der Waals surface area contributed by atoms with Crippen molar-refractivity contribution in [3.8, 4) is 0 Å². The van der Waals surface area contributed by atoms with Gasteiger partial charge >= 0.3 is 5.97 Å². The van der Waals surface area contributed by atoms with Crippen molar-refractivity contribution in [2.45, 2.75) is 51.2 Å². The van der Waals surface area contributed by atoms with E-state index in [0.717, 1.165) is 47.5 Å². The molecule has 0 bridgehead atoms. The number of rotatable bonds is 14.